The maximum absolute atomic E-state index is 13.4. The summed E-state index contributed by atoms with van der Waals surface area (Å²) < 4.78 is 26.2. The summed E-state index contributed by atoms with van der Waals surface area (Å²) in [5.74, 6) is -4.53. The lowest BCUT2D eigenvalue weighted by molar-refractivity contribution is -0.143. The van der Waals surface area contributed by atoms with Crippen LogP contribution in [0.25, 0.3) is 0 Å². The van der Waals surface area contributed by atoms with E-state index < -0.39 is 35.3 Å². The van der Waals surface area contributed by atoms with Crippen molar-refractivity contribution in [3.05, 3.63) is 35.4 Å². The molecule has 22 heavy (non-hydrogen) atoms. The molecule has 1 aromatic carbocycles. The van der Waals surface area contributed by atoms with E-state index in [4.69, 9.17) is 5.11 Å². The van der Waals surface area contributed by atoms with Crippen LogP contribution >= 0.6 is 0 Å². The summed E-state index contributed by atoms with van der Waals surface area (Å²) in [5.41, 5.74) is -0.298. The van der Waals surface area contributed by atoms with Gasteiger partial charge in [-0.2, -0.15) is 0 Å². The molecule has 0 aliphatic heterocycles. The highest BCUT2D eigenvalue weighted by Crippen LogP contribution is 2.13. The number of halogens is 2. The minimum atomic E-state index is -1.17. The molecule has 2 N–H and O–H groups in total. The Morgan fingerprint density at radius 1 is 1.18 bits per heavy atom. The molecule has 1 aromatic rings. The molecule has 0 aromatic heterocycles. The summed E-state index contributed by atoms with van der Waals surface area (Å²) in [6.45, 7) is 3.27. The Labute approximate surface area is 126 Å². The van der Waals surface area contributed by atoms with Crippen molar-refractivity contribution in [2.45, 2.75) is 32.7 Å². The van der Waals surface area contributed by atoms with Crippen LogP contribution in [0.15, 0.2) is 18.2 Å². The number of aliphatic carboxylic acids is 1. The summed E-state index contributed by atoms with van der Waals surface area (Å²) in [5, 5.41) is 11.2. The number of carboxylic acids is 1. The number of carbonyl (C=O) groups is 3. The topological polar surface area (TPSA) is 83.5 Å². The van der Waals surface area contributed by atoms with E-state index in [-0.39, 0.29) is 24.3 Å². The number of benzene rings is 1. The Kier molecular flexibility index (Phi) is 6.15. The van der Waals surface area contributed by atoms with Crippen LogP contribution < -0.4 is 5.32 Å². The van der Waals surface area contributed by atoms with E-state index in [1.54, 1.807) is 13.8 Å². The fourth-order valence-electron chi connectivity index (χ4n) is 1.84. The highest BCUT2D eigenvalue weighted by atomic mass is 19.1. The third-order valence-corrected chi connectivity index (χ3v) is 3.06. The highest BCUT2D eigenvalue weighted by molar-refractivity contribution is 5.98. The van der Waals surface area contributed by atoms with Gasteiger partial charge in [0.1, 0.15) is 17.7 Å². The summed E-state index contributed by atoms with van der Waals surface area (Å²) in [4.78, 5) is 34.4. The van der Waals surface area contributed by atoms with Gasteiger partial charge in [0.15, 0.2) is 5.78 Å². The predicted octanol–water partition coefficient (Wildman–Crippen LogP) is 2.15. The van der Waals surface area contributed by atoms with E-state index in [9.17, 15) is 23.2 Å². The highest BCUT2D eigenvalue weighted by Gasteiger charge is 2.23. The number of carboxylic acid groups (broad SMARTS) is 1. The molecule has 0 radical (unpaired) electrons. The summed E-state index contributed by atoms with van der Waals surface area (Å²) in [6.07, 6.45) is -0.565. The Bertz CT molecular complexity index is 587. The molecule has 0 unspecified atom stereocenters. The largest absolute Gasteiger partial charge is 0.480 e. The third-order valence-electron chi connectivity index (χ3n) is 3.06. The zero-order valence-electron chi connectivity index (χ0n) is 12.2. The van der Waals surface area contributed by atoms with E-state index in [1.807, 2.05) is 0 Å². The second-order valence-corrected chi connectivity index (χ2v) is 5.17. The van der Waals surface area contributed by atoms with E-state index >= 15 is 0 Å². The van der Waals surface area contributed by atoms with Gasteiger partial charge < -0.3 is 10.4 Å². The number of carbonyl (C=O) groups excluding carboxylic acids is 2. The first-order chi connectivity index (χ1) is 10.2. The van der Waals surface area contributed by atoms with Crippen molar-refractivity contribution < 1.29 is 28.3 Å². The van der Waals surface area contributed by atoms with Gasteiger partial charge >= 0.3 is 5.97 Å². The van der Waals surface area contributed by atoms with Gasteiger partial charge in [-0.05, 0) is 18.1 Å². The monoisotopic (exact) mass is 313 g/mol. The molecule has 1 rings (SSSR count). The van der Waals surface area contributed by atoms with Gasteiger partial charge in [0, 0.05) is 18.9 Å². The lowest BCUT2D eigenvalue weighted by Crippen LogP contribution is -2.44. The SMILES string of the molecule is CC(C)[C@@H](NC(=O)CCC(=O)c1ccc(F)cc1F)C(=O)O. The van der Waals surface area contributed by atoms with E-state index in [1.165, 1.54) is 0 Å². The van der Waals surface area contributed by atoms with E-state index in [0.29, 0.717) is 6.07 Å². The van der Waals surface area contributed by atoms with Gasteiger partial charge in [0.2, 0.25) is 5.91 Å². The zero-order valence-corrected chi connectivity index (χ0v) is 12.2. The lowest BCUT2D eigenvalue weighted by Gasteiger charge is -2.17. The number of ketones is 1. The molecule has 1 atom stereocenters. The second kappa shape index (κ2) is 7.63. The Morgan fingerprint density at radius 3 is 2.32 bits per heavy atom. The van der Waals surface area contributed by atoms with E-state index in [2.05, 4.69) is 5.32 Å². The van der Waals surface area contributed by atoms with Crippen molar-refractivity contribution in [3.8, 4) is 0 Å². The molecule has 0 saturated heterocycles. The predicted molar refractivity (Wildman–Crippen MR) is 74.3 cm³/mol. The Hall–Kier alpha value is -2.31. The van der Waals surface area contributed by atoms with Crippen LogP contribution in [0.1, 0.15) is 37.0 Å². The maximum atomic E-state index is 13.4. The standard InChI is InChI=1S/C15H17F2NO4/c1-8(2)14(15(21)22)18-13(20)6-5-12(19)10-4-3-9(16)7-11(10)17/h3-4,7-8,14H,5-6H2,1-2H3,(H,18,20)(H,21,22)/t14-/m1/s1. The average molecular weight is 313 g/mol. The van der Waals surface area contributed by atoms with Crippen LogP contribution in [0.2, 0.25) is 0 Å². The van der Waals surface area contributed by atoms with Crippen LogP contribution in [0.4, 0.5) is 8.78 Å². The molecule has 0 bridgehead atoms. The Balaban J connectivity index is 2.60. The molecule has 0 fully saturated rings. The first-order valence-corrected chi connectivity index (χ1v) is 6.72. The van der Waals surface area contributed by atoms with Gasteiger partial charge in [0.05, 0.1) is 5.56 Å². The van der Waals surface area contributed by atoms with Crippen LogP contribution in [0, 0.1) is 17.6 Å². The molecular formula is C15H17F2NO4. The number of nitrogens with one attached hydrogen (secondary N) is 1. The zero-order chi connectivity index (χ0) is 16.9. The van der Waals surface area contributed by atoms with Crippen molar-refractivity contribution in [3.63, 3.8) is 0 Å². The molecule has 0 heterocycles. The number of rotatable bonds is 7. The number of Topliss-reactive ketones (excluding diaryl/α,β-unsaturated/α-hetero) is 1. The maximum Gasteiger partial charge on any atom is 0.326 e. The van der Waals surface area contributed by atoms with Gasteiger partial charge in [-0.1, -0.05) is 13.8 Å². The molecule has 0 spiro atoms. The van der Waals surface area contributed by atoms with Gasteiger partial charge in [-0.3, -0.25) is 9.59 Å². The van der Waals surface area contributed by atoms with Gasteiger partial charge in [-0.25, -0.2) is 13.6 Å². The van der Waals surface area contributed by atoms with Crippen molar-refractivity contribution >= 4 is 17.7 Å². The van der Waals surface area contributed by atoms with Crippen LogP contribution in [-0.4, -0.2) is 28.8 Å². The fraction of sp³-hybridized carbons (Fsp3) is 0.400. The Morgan fingerprint density at radius 2 is 1.82 bits per heavy atom. The first-order valence-electron chi connectivity index (χ1n) is 6.72. The molecule has 0 saturated carbocycles. The van der Waals surface area contributed by atoms with Crippen molar-refractivity contribution in [1.29, 1.82) is 0 Å². The van der Waals surface area contributed by atoms with Gasteiger partial charge in [0.25, 0.3) is 0 Å². The molecule has 0 aliphatic rings. The van der Waals surface area contributed by atoms with E-state index in [0.717, 1.165) is 12.1 Å². The number of amides is 1. The lowest BCUT2D eigenvalue weighted by atomic mass is 10.0. The van der Waals surface area contributed by atoms with Crippen LogP contribution in [0.3, 0.4) is 0 Å². The molecule has 1 amide bonds. The smallest absolute Gasteiger partial charge is 0.326 e. The molecule has 5 nitrogen and oxygen atoms in total. The number of hydrogen-bond acceptors (Lipinski definition) is 3. The van der Waals surface area contributed by atoms with Crippen LogP contribution in [0.5, 0.6) is 0 Å². The average Bonchev–Trinajstić information content (AvgIpc) is 2.41. The third kappa shape index (κ3) is 4.91. The molecule has 7 heteroatoms. The molecular weight excluding hydrogens is 296 g/mol. The second-order valence-electron chi connectivity index (χ2n) is 5.17. The summed E-state index contributed by atoms with van der Waals surface area (Å²) in [7, 11) is 0. The molecule has 0 aliphatic carbocycles. The molecule has 120 valence electrons. The van der Waals surface area contributed by atoms with Crippen LogP contribution in [-0.2, 0) is 9.59 Å². The minimum Gasteiger partial charge on any atom is -0.480 e. The fourth-order valence-corrected chi connectivity index (χ4v) is 1.84. The summed E-state index contributed by atoms with van der Waals surface area (Å²) in [6, 6.07) is 1.51. The first kappa shape index (κ1) is 17.7. The number of hydrogen-bond donors (Lipinski definition) is 2. The normalized spacial score (nSPS) is 12.0. The van der Waals surface area contributed by atoms with Gasteiger partial charge in [-0.15, -0.1) is 0 Å². The quantitative estimate of drug-likeness (QED) is 0.756. The summed E-state index contributed by atoms with van der Waals surface area (Å²) >= 11 is 0. The van der Waals surface area contributed by atoms with Crippen molar-refractivity contribution in [2.24, 2.45) is 5.92 Å². The minimum absolute atomic E-state index is 0.272. The van der Waals surface area contributed by atoms with Crippen molar-refractivity contribution in [1.82, 2.24) is 5.32 Å². The van der Waals surface area contributed by atoms with Crippen molar-refractivity contribution in [2.75, 3.05) is 0 Å².